The van der Waals surface area contributed by atoms with Crippen molar-refractivity contribution >= 4 is 33.3 Å². The Morgan fingerprint density at radius 3 is 2.18 bits per heavy atom. The molecule has 2 rings (SSSR count). The minimum absolute atomic E-state index is 0.0629. The van der Waals surface area contributed by atoms with E-state index in [1.165, 1.54) is 6.26 Å². The highest BCUT2D eigenvalue weighted by Gasteiger charge is 2.31. The topological polar surface area (TPSA) is 86.8 Å². The van der Waals surface area contributed by atoms with E-state index in [0.717, 1.165) is 0 Å². The van der Waals surface area contributed by atoms with Crippen LogP contribution in [0, 0.1) is 5.92 Å². The van der Waals surface area contributed by atoms with Gasteiger partial charge in [0, 0.05) is 49.6 Å². The number of nitrogens with one attached hydrogen (secondary N) is 1. The summed E-state index contributed by atoms with van der Waals surface area (Å²) in [6.45, 7) is 6.54. The average molecular weight is 430 g/mol. The number of benzene rings is 1. The second-order valence-corrected chi connectivity index (χ2v) is 10.2. The van der Waals surface area contributed by atoms with Gasteiger partial charge in [0.2, 0.25) is 5.91 Å². The molecule has 1 atom stereocenters. The highest BCUT2D eigenvalue weighted by Crippen LogP contribution is 2.13. The van der Waals surface area contributed by atoms with Crippen LogP contribution >= 0.6 is 11.6 Å². The maximum absolute atomic E-state index is 13.0. The van der Waals surface area contributed by atoms with Crippen LogP contribution in [-0.2, 0) is 14.6 Å². The van der Waals surface area contributed by atoms with Crippen molar-refractivity contribution < 1.29 is 18.0 Å². The van der Waals surface area contributed by atoms with Crippen LogP contribution in [0.5, 0.6) is 0 Å². The molecule has 28 heavy (non-hydrogen) atoms. The molecule has 1 unspecified atom stereocenters. The van der Waals surface area contributed by atoms with E-state index >= 15 is 0 Å². The number of carbonyl (C=O) groups is 2. The van der Waals surface area contributed by atoms with Gasteiger partial charge in [-0.1, -0.05) is 25.4 Å². The Morgan fingerprint density at radius 1 is 1.11 bits per heavy atom. The van der Waals surface area contributed by atoms with Crippen molar-refractivity contribution in [2.45, 2.75) is 19.9 Å². The summed E-state index contributed by atoms with van der Waals surface area (Å²) in [5.41, 5.74) is 0.452. The smallest absolute Gasteiger partial charge is 0.251 e. The first kappa shape index (κ1) is 22.6. The number of hydrogen-bond donors (Lipinski definition) is 1. The van der Waals surface area contributed by atoms with Gasteiger partial charge in [0.1, 0.15) is 15.9 Å². The molecule has 7 nitrogen and oxygen atoms in total. The Morgan fingerprint density at radius 2 is 1.68 bits per heavy atom. The zero-order chi connectivity index (χ0) is 20.9. The number of piperazine rings is 1. The quantitative estimate of drug-likeness (QED) is 0.705. The zero-order valence-electron chi connectivity index (χ0n) is 16.5. The molecule has 1 N–H and O–H groups in total. The van der Waals surface area contributed by atoms with Gasteiger partial charge in [-0.15, -0.1) is 0 Å². The third kappa shape index (κ3) is 6.76. The Balaban J connectivity index is 1.94. The molecule has 0 saturated carbocycles. The molecule has 0 aliphatic carbocycles. The summed E-state index contributed by atoms with van der Waals surface area (Å²) >= 11 is 5.85. The molecule has 1 aromatic carbocycles. The fraction of sp³-hybridized carbons (Fsp3) is 0.579. The summed E-state index contributed by atoms with van der Waals surface area (Å²) in [7, 11) is -3.00. The first-order valence-corrected chi connectivity index (χ1v) is 11.8. The minimum atomic E-state index is -3.00. The van der Waals surface area contributed by atoms with Crippen molar-refractivity contribution in [3.05, 3.63) is 34.9 Å². The van der Waals surface area contributed by atoms with Gasteiger partial charge in [0.25, 0.3) is 5.91 Å². The number of amides is 2. The lowest BCUT2D eigenvalue weighted by Gasteiger charge is -2.37. The number of hydrogen-bond acceptors (Lipinski definition) is 5. The van der Waals surface area contributed by atoms with Crippen LogP contribution in [-0.4, -0.2) is 80.8 Å². The Kier molecular flexibility index (Phi) is 7.86. The number of rotatable bonds is 7. The van der Waals surface area contributed by atoms with Gasteiger partial charge in [0.05, 0.1) is 5.75 Å². The van der Waals surface area contributed by atoms with Crippen LogP contribution in [0.4, 0.5) is 0 Å². The Hall–Kier alpha value is -1.64. The van der Waals surface area contributed by atoms with E-state index in [0.29, 0.717) is 43.3 Å². The molecule has 2 amide bonds. The summed E-state index contributed by atoms with van der Waals surface area (Å²) in [6.07, 6.45) is 1.23. The molecule has 156 valence electrons. The van der Waals surface area contributed by atoms with E-state index in [-0.39, 0.29) is 23.5 Å². The lowest BCUT2D eigenvalue weighted by atomic mass is 10.0. The Bertz CT molecular complexity index is 788. The third-order valence-electron chi connectivity index (χ3n) is 4.79. The van der Waals surface area contributed by atoms with Crippen molar-refractivity contribution in [2.75, 3.05) is 44.7 Å². The minimum Gasteiger partial charge on any atom is -0.340 e. The maximum Gasteiger partial charge on any atom is 0.251 e. The predicted octanol–water partition coefficient (Wildman–Crippen LogP) is 1.28. The van der Waals surface area contributed by atoms with Crippen molar-refractivity contribution in [3.63, 3.8) is 0 Å². The lowest BCUT2D eigenvalue weighted by Crippen LogP contribution is -2.56. The van der Waals surface area contributed by atoms with E-state index in [1.807, 2.05) is 18.7 Å². The second-order valence-electron chi connectivity index (χ2n) is 7.50. The number of carbonyl (C=O) groups excluding carboxylic acids is 2. The predicted molar refractivity (Wildman–Crippen MR) is 110 cm³/mol. The van der Waals surface area contributed by atoms with Crippen molar-refractivity contribution in [1.82, 2.24) is 15.1 Å². The second kappa shape index (κ2) is 9.71. The van der Waals surface area contributed by atoms with Gasteiger partial charge >= 0.3 is 0 Å². The molecule has 9 heteroatoms. The molecule has 1 aromatic rings. The van der Waals surface area contributed by atoms with Crippen molar-refractivity contribution in [1.29, 1.82) is 0 Å². The molecule has 0 radical (unpaired) electrons. The molecular weight excluding hydrogens is 402 g/mol. The molecule has 1 heterocycles. The van der Waals surface area contributed by atoms with E-state index in [2.05, 4.69) is 5.32 Å². The van der Waals surface area contributed by atoms with Crippen molar-refractivity contribution in [3.8, 4) is 0 Å². The highest BCUT2D eigenvalue weighted by molar-refractivity contribution is 7.90. The van der Waals surface area contributed by atoms with Gasteiger partial charge in [-0.3, -0.25) is 14.5 Å². The first-order chi connectivity index (χ1) is 13.1. The van der Waals surface area contributed by atoms with E-state index in [9.17, 15) is 18.0 Å². The van der Waals surface area contributed by atoms with E-state index in [1.54, 1.807) is 29.2 Å². The van der Waals surface area contributed by atoms with Crippen LogP contribution in [0.15, 0.2) is 24.3 Å². The van der Waals surface area contributed by atoms with Crippen LogP contribution < -0.4 is 5.32 Å². The fourth-order valence-electron chi connectivity index (χ4n) is 3.02. The summed E-state index contributed by atoms with van der Waals surface area (Å²) in [4.78, 5) is 29.2. The number of halogens is 1. The monoisotopic (exact) mass is 429 g/mol. The normalized spacial score (nSPS) is 16.8. The third-order valence-corrected chi connectivity index (χ3v) is 5.96. The van der Waals surface area contributed by atoms with Gasteiger partial charge in [-0.25, -0.2) is 8.42 Å². The molecule has 1 aliphatic heterocycles. The zero-order valence-corrected chi connectivity index (χ0v) is 18.1. The molecule has 1 aliphatic rings. The summed E-state index contributed by atoms with van der Waals surface area (Å²) in [5, 5.41) is 3.38. The molecular formula is C19H28ClN3O4S. The van der Waals surface area contributed by atoms with Gasteiger partial charge < -0.3 is 10.2 Å². The van der Waals surface area contributed by atoms with Gasteiger partial charge in [-0.05, 0) is 30.2 Å². The Labute approximate surface area is 171 Å². The van der Waals surface area contributed by atoms with Crippen LogP contribution in [0.3, 0.4) is 0 Å². The molecule has 1 fully saturated rings. The van der Waals surface area contributed by atoms with Crippen LogP contribution in [0.1, 0.15) is 24.2 Å². The summed E-state index contributed by atoms with van der Waals surface area (Å²) < 4.78 is 22.6. The lowest BCUT2D eigenvalue weighted by molar-refractivity contribution is -0.136. The molecule has 0 spiro atoms. The van der Waals surface area contributed by atoms with E-state index < -0.39 is 15.9 Å². The summed E-state index contributed by atoms with van der Waals surface area (Å²) in [6, 6.07) is 5.91. The average Bonchev–Trinajstić information content (AvgIpc) is 2.64. The van der Waals surface area contributed by atoms with Gasteiger partial charge in [-0.2, -0.15) is 0 Å². The highest BCUT2D eigenvalue weighted by atomic mass is 35.5. The summed E-state index contributed by atoms with van der Waals surface area (Å²) in [5.74, 6) is -0.366. The van der Waals surface area contributed by atoms with Gasteiger partial charge in [0.15, 0.2) is 0 Å². The SMILES string of the molecule is CC(C)C(NC(=O)c1ccc(Cl)cc1)C(=O)N1CCN(CCS(C)(=O)=O)CC1. The first-order valence-electron chi connectivity index (χ1n) is 9.32. The molecule has 0 bridgehead atoms. The number of sulfone groups is 1. The number of nitrogens with zero attached hydrogens (tertiary/aromatic N) is 2. The molecule has 0 aromatic heterocycles. The van der Waals surface area contributed by atoms with Crippen LogP contribution in [0.25, 0.3) is 0 Å². The van der Waals surface area contributed by atoms with Crippen molar-refractivity contribution in [2.24, 2.45) is 5.92 Å². The van der Waals surface area contributed by atoms with E-state index in [4.69, 9.17) is 11.6 Å². The largest absolute Gasteiger partial charge is 0.340 e. The maximum atomic E-state index is 13.0. The van der Waals surface area contributed by atoms with Crippen LogP contribution in [0.2, 0.25) is 5.02 Å². The molecule has 1 saturated heterocycles. The standard InChI is InChI=1S/C19H28ClN3O4S/c1-14(2)17(21-18(24)15-4-6-16(20)7-5-15)19(25)23-10-8-22(9-11-23)12-13-28(3,26)27/h4-7,14,17H,8-13H2,1-3H3,(H,21,24). The fourth-order valence-corrected chi connectivity index (χ4v) is 3.74.